The van der Waals surface area contributed by atoms with Crippen molar-refractivity contribution in [1.82, 2.24) is 10.6 Å². The third kappa shape index (κ3) is 4.19. The van der Waals surface area contributed by atoms with Gasteiger partial charge in [-0.15, -0.1) is 0 Å². The molecule has 28 heavy (non-hydrogen) atoms. The second-order valence-electron chi connectivity index (χ2n) is 8.15. The predicted molar refractivity (Wildman–Crippen MR) is 112 cm³/mol. The largest absolute Gasteiger partial charge is 0.359 e. The SMILES string of the molecule is CNC(=O)CCc1ccccc1NC(=O)NC[C@]1(c2ccccc2)CC1(C)C. The molecule has 5 heteroatoms. The van der Waals surface area contributed by atoms with Crippen molar-refractivity contribution < 1.29 is 9.59 Å². The summed E-state index contributed by atoms with van der Waals surface area (Å²) in [6.45, 7) is 5.08. The Morgan fingerprint density at radius 3 is 2.29 bits per heavy atom. The number of carbonyl (C=O) groups excluding carboxylic acids is 2. The van der Waals surface area contributed by atoms with E-state index in [1.165, 1.54) is 5.56 Å². The van der Waals surface area contributed by atoms with E-state index >= 15 is 0 Å². The summed E-state index contributed by atoms with van der Waals surface area (Å²) in [7, 11) is 1.63. The summed E-state index contributed by atoms with van der Waals surface area (Å²) in [5.74, 6) is -0.0139. The van der Waals surface area contributed by atoms with Crippen LogP contribution >= 0.6 is 0 Å². The maximum absolute atomic E-state index is 12.6. The smallest absolute Gasteiger partial charge is 0.319 e. The van der Waals surface area contributed by atoms with Crippen LogP contribution in [0.15, 0.2) is 54.6 Å². The van der Waals surface area contributed by atoms with Crippen LogP contribution in [0.25, 0.3) is 0 Å². The summed E-state index contributed by atoms with van der Waals surface area (Å²) in [6.07, 6.45) is 2.02. The van der Waals surface area contributed by atoms with E-state index in [2.05, 4.69) is 41.9 Å². The minimum atomic E-state index is -0.217. The van der Waals surface area contributed by atoms with E-state index in [9.17, 15) is 9.59 Å². The van der Waals surface area contributed by atoms with Gasteiger partial charge in [0.25, 0.3) is 0 Å². The monoisotopic (exact) mass is 379 g/mol. The topological polar surface area (TPSA) is 70.2 Å². The number of hydrogen-bond acceptors (Lipinski definition) is 2. The molecule has 2 aromatic carbocycles. The third-order valence-electron chi connectivity index (χ3n) is 5.96. The van der Waals surface area contributed by atoms with E-state index in [4.69, 9.17) is 0 Å². The zero-order valence-corrected chi connectivity index (χ0v) is 16.8. The molecule has 0 spiro atoms. The number of anilines is 1. The van der Waals surface area contributed by atoms with Gasteiger partial charge in [-0.25, -0.2) is 4.79 Å². The quantitative estimate of drug-likeness (QED) is 0.684. The first-order valence-corrected chi connectivity index (χ1v) is 9.77. The first-order valence-electron chi connectivity index (χ1n) is 9.77. The molecule has 1 aliphatic carbocycles. The molecular weight excluding hydrogens is 350 g/mol. The van der Waals surface area contributed by atoms with E-state index in [1.54, 1.807) is 7.05 Å². The van der Waals surface area contributed by atoms with Crippen molar-refractivity contribution in [2.45, 2.75) is 38.5 Å². The number of aryl methyl sites for hydroxylation is 1. The van der Waals surface area contributed by atoms with Gasteiger partial charge in [0.1, 0.15) is 0 Å². The second kappa shape index (κ2) is 8.05. The Bertz CT molecular complexity index is 848. The van der Waals surface area contributed by atoms with Gasteiger partial charge in [0, 0.05) is 31.1 Å². The van der Waals surface area contributed by atoms with Crippen molar-refractivity contribution in [2.24, 2.45) is 5.41 Å². The van der Waals surface area contributed by atoms with Gasteiger partial charge in [0.15, 0.2) is 0 Å². The zero-order chi connectivity index (χ0) is 20.2. The van der Waals surface area contributed by atoms with Gasteiger partial charge in [-0.3, -0.25) is 4.79 Å². The molecule has 0 bridgehead atoms. The number of urea groups is 1. The minimum Gasteiger partial charge on any atom is -0.359 e. The number of hydrogen-bond donors (Lipinski definition) is 3. The lowest BCUT2D eigenvalue weighted by Gasteiger charge is -2.22. The molecule has 1 saturated carbocycles. The molecular formula is C23H29N3O2. The van der Waals surface area contributed by atoms with Gasteiger partial charge < -0.3 is 16.0 Å². The number of para-hydroxylation sites is 1. The van der Waals surface area contributed by atoms with Gasteiger partial charge in [-0.1, -0.05) is 62.4 Å². The van der Waals surface area contributed by atoms with E-state index in [-0.39, 0.29) is 22.8 Å². The highest BCUT2D eigenvalue weighted by Gasteiger charge is 2.61. The maximum Gasteiger partial charge on any atom is 0.319 e. The highest BCUT2D eigenvalue weighted by atomic mass is 16.2. The molecule has 1 aliphatic rings. The minimum absolute atomic E-state index is 0.0139. The Kier molecular flexibility index (Phi) is 5.73. The molecule has 3 rings (SSSR count). The van der Waals surface area contributed by atoms with Crippen molar-refractivity contribution in [3.63, 3.8) is 0 Å². The van der Waals surface area contributed by atoms with E-state index in [1.807, 2.05) is 42.5 Å². The molecule has 0 aromatic heterocycles. The lowest BCUT2D eigenvalue weighted by molar-refractivity contribution is -0.120. The molecule has 3 N–H and O–H groups in total. The summed E-state index contributed by atoms with van der Waals surface area (Å²) in [5, 5.41) is 8.64. The fourth-order valence-corrected chi connectivity index (χ4v) is 4.00. The number of nitrogens with one attached hydrogen (secondary N) is 3. The maximum atomic E-state index is 12.6. The predicted octanol–water partition coefficient (Wildman–Crippen LogP) is 3.85. The van der Waals surface area contributed by atoms with Crippen LogP contribution in [-0.2, 0) is 16.6 Å². The van der Waals surface area contributed by atoms with Crippen molar-refractivity contribution in [1.29, 1.82) is 0 Å². The average molecular weight is 380 g/mol. The molecule has 5 nitrogen and oxygen atoms in total. The van der Waals surface area contributed by atoms with Gasteiger partial charge in [-0.2, -0.15) is 0 Å². The molecule has 0 heterocycles. The molecule has 0 aliphatic heterocycles. The Labute approximate surface area is 166 Å². The fourth-order valence-electron chi connectivity index (χ4n) is 4.00. The van der Waals surface area contributed by atoms with Crippen LogP contribution in [0.1, 0.15) is 37.8 Å². The number of rotatable bonds is 7. The molecule has 0 unspecified atom stereocenters. The lowest BCUT2D eigenvalue weighted by atomic mass is 9.88. The van der Waals surface area contributed by atoms with Crippen LogP contribution in [0.2, 0.25) is 0 Å². The van der Waals surface area contributed by atoms with Gasteiger partial charge in [0.2, 0.25) is 5.91 Å². The van der Waals surface area contributed by atoms with Crippen LogP contribution in [0, 0.1) is 5.41 Å². The molecule has 1 fully saturated rings. The summed E-state index contributed by atoms with van der Waals surface area (Å²) in [4.78, 5) is 24.1. The highest BCUT2D eigenvalue weighted by Crippen LogP contribution is 2.63. The molecule has 0 radical (unpaired) electrons. The standard InChI is InChI=1S/C23H29N3O2/c1-22(2)15-23(22,18-10-5-4-6-11-18)16-25-21(28)26-19-12-8-7-9-17(19)13-14-20(27)24-3/h4-12H,13-16H2,1-3H3,(H,24,27)(H2,25,26,28)/t23-/m0/s1. The van der Waals surface area contributed by atoms with Crippen molar-refractivity contribution in [2.75, 3.05) is 18.9 Å². The molecule has 3 amide bonds. The van der Waals surface area contributed by atoms with Crippen LogP contribution in [0.3, 0.4) is 0 Å². The second-order valence-corrected chi connectivity index (χ2v) is 8.15. The summed E-state index contributed by atoms with van der Waals surface area (Å²) >= 11 is 0. The first kappa shape index (κ1) is 19.9. The van der Waals surface area contributed by atoms with Gasteiger partial charge in [-0.05, 0) is 35.4 Å². The van der Waals surface area contributed by atoms with Crippen molar-refractivity contribution >= 4 is 17.6 Å². The van der Waals surface area contributed by atoms with Crippen LogP contribution in [0.5, 0.6) is 0 Å². The average Bonchev–Trinajstić information content (AvgIpc) is 3.28. The third-order valence-corrected chi connectivity index (χ3v) is 5.96. The zero-order valence-electron chi connectivity index (χ0n) is 16.8. The van der Waals surface area contributed by atoms with Crippen LogP contribution in [0.4, 0.5) is 10.5 Å². The van der Waals surface area contributed by atoms with Gasteiger partial charge >= 0.3 is 6.03 Å². The summed E-state index contributed by atoms with van der Waals surface area (Å²) in [5.41, 5.74) is 3.10. The van der Waals surface area contributed by atoms with E-state index in [0.29, 0.717) is 19.4 Å². The fraction of sp³-hybridized carbons (Fsp3) is 0.391. The highest BCUT2D eigenvalue weighted by molar-refractivity contribution is 5.90. The number of benzene rings is 2. The molecule has 1 atom stereocenters. The normalized spacial score (nSPS) is 19.5. The van der Waals surface area contributed by atoms with Crippen LogP contribution < -0.4 is 16.0 Å². The Morgan fingerprint density at radius 2 is 1.64 bits per heavy atom. The van der Waals surface area contributed by atoms with Crippen molar-refractivity contribution in [3.8, 4) is 0 Å². The number of amides is 3. The Morgan fingerprint density at radius 1 is 1.00 bits per heavy atom. The molecule has 148 valence electrons. The summed E-state index contributed by atoms with van der Waals surface area (Å²) < 4.78 is 0. The lowest BCUT2D eigenvalue weighted by Crippen LogP contribution is -2.37. The molecule has 0 saturated heterocycles. The Balaban J connectivity index is 1.63. The van der Waals surface area contributed by atoms with Gasteiger partial charge in [0.05, 0.1) is 0 Å². The Hall–Kier alpha value is -2.82. The summed E-state index contributed by atoms with van der Waals surface area (Å²) in [6, 6.07) is 17.8. The van der Waals surface area contributed by atoms with E-state index < -0.39 is 0 Å². The van der Waals surface area contributed by atoms with Crippen LogP contribution in [-0.4, -0.2) is 25.5 Å². The van der Waals surface area contributed by atoms with Crippen molar-refractivity contribution in [3.05, 3.63) is 65.7 Å². The molecule has 2 aromatic rings. The number of carbonyl (C=O) groups is 2. The van der Waals surface area contributed by atoms with E-state index in [0.717, 1.165) is 17.7 Å². The first-order chi connectivity index (χ1) is 13.4.